The van der Waals surface area contributed by atoms with E-state index in [0.717, 1.165) is 51.1 Å². The van der Waals surface area contributed by atoms with E-state index in [2.05, 4.69) is 33.6 Å². The second-order valence-electron chi connectivity index (χ2n) is 8.15. The van der Waals surface area contributed by atoms with Crippen LogP contribution in [0.4, 0.5) is 0 Å². The van der Waals surface area contributed by atoms with Crippen LogP contribution in [-0.4, -0.2) is 66.0 Å². The van der Waals surface area contributed by atoms with Crippen molar-refractivity contribution in [3.05, 3.63) is 18.2 Å². The van der Waals surface area contributed by atoms with Gasteiger partial charge in [0.25, 0.3) is 0 Å². The number of nitrogens with one attached hydrogen (secondary N) is 1. The van der Waals surface area contributed by atoms with Gasteiger partial charge in [-0.1, -0.05) is 13.8 Å². The monoisotopic (exact) mass is 396 g/mol. The van der Waals surface area contributed by atoms with Crippen LogP contribution in [0.1, 0.15) is 51.3 Å². The van der Waals surface area contributed by atoms with Crippen molar-refractivity contribution in [3.63, 3.8) is 0 Å². The second-order valence-corrected chi connectivity index (χ2v) is 10.4. The number of hydrogen-bond donors (Lipinski definition) is 1. The van der Waals surface area contributed by atoms with Gasteiger partial charge in [0.1, 0.15) is 5.82 Å². The smallest absolute Gasteiger partial charge is 0.223 e. The number of aromatic nitrogens is 2. The molecule has 1 N–H and O–H groups in total. The maximum Gasteiger partial charge on any atom is 0.223 e. The van der Waals surface area contributed by atoms with Gasteiger partial charge in [0.05, 0.1) is 11.5 Å². The number of carbonyl (C=O) groups excluding carboxylic acids is 1. The average Bonchev–Trinajstić information content (AvgIpc) is 3.25. The number of rotatable bonds is 7. The number of imidazole rings is 1. The Balaban J connectivity index is 1.35. The lowest BCUT2D eigenvalue weighted by Crippen LogP contribution is -2.45. The molecule has 0 spiro atoms. The van der Waals surface area contributed by atoms with Gasteiger partial charge < -0.3 is 9.88 Å². The number of likely N-dealkylation sites (tertiary alicyclic amines) is 1. The molecule has 1 aromatic heterocycles. The Morgan fingerprint density at radius 3 is 2.67 bits per heavy atom. The summed E-state index contributed by atoms with van der Waals surface area (Å²) >= 11 is 0. The van der Waals surface area contributed by atoms with Crippen molar-refractivity contribution in [1.82, 2.24) is 19.8 Å². The predicted octanol–water partition coefficient (Wildman–Crippen LogP) is 1.41. The Hall–Kier alpha value is -1.41. The topological polar surface area (TPSA) is 84.3 Å². The van der Waals surface area contributed by atoms with Crippen LogP contribution in [0, 0.1) is 5.92 Å². The molecule has 0 saturated carbocycles. The zero-order chi connectivity index (χ0) is 19.4. The molecule has 2 aliphatic rings. The van der Waals surface area contributed by atoms with E-state index in [1.54, 1.807) is 0 Å². The number of nitrogens with zero attached hydrogens (tertiary/aromatic N) is 3. The van der Waals surface area contributed by atoms with Crippen molar-refractivity contribution in [2.75, 3.05) is 31.1 Å². The zero-order valence-electron chi connectivity index (χ0n) is 16.4. The maximum atomic E-state index is 12.4. The Labute approximate surface area is 162 Å². The van der Waals surface area contributed by atoms with Crippen LogP contribution in [-0.2, 0) is 21.2 Å². The minimum absolute atomic E-state index is 0.0544. The number of sulfone groups is 1. The fourth-order valence-electron chi connectivity index (χ4n) is 4.21. The molecule has 0 aliphatic carbocycles. The molecule has 8 heteroatoms. The standard InChI is InChI=1S/C19H32N4O3S/c1-15(2)18-20-8-12-23(18)9-3-7-21-19(24)16-4-10-22(11-5-16)17-6-13-27(25,26)14-17/h8,12,15-17H,3-7,9-11,13-14H2,1-2H3,(H,21,24). The summed E-state index contributed by atoms with van der Waals surface area (Å²) in [6, 6.07) is 0.157. The van der Waals surface area contributed by atoms with E-state index in [-0.39, 0.29) is 23.6 Å². The van der Waals surface area contributed by atoms with E-state index < -0.39 is 9.84 Å². The van der Waals surface area contributed by atoms with Gasteiger partial charge >= 0.3 is 0 Å². The van der Waals surface area contributed by atoms with E-state index in [0.29, 0.717) is 18.2 Å². The highest BCUT2D eigenvalue weighted by atomic mass is 32.2. The van der Waals surface area contributed by atoms with E-state index in [1.807, 2.05) is 12.4 Å². The predicted molar refractivity (Wildman–Crippen MR) is 105 cm³/mol. The van der Waals surface area contributed by atoms with Crippen molar-refractivity contribution in [2.45, 2.75) is 58.0 Å². The molecule has 27 heavy (non-hydrogen) atoms. The fraction of sp³-hybridized carbons (Fsp3) is 0.789. The first-order valence-corrected chi connectivity index (χ1v) is 11.9. The molecule has 3 heterocycles. The largest absolute Gasteiger partial charge is 0.356 e. The summed E-state index contributed by atoms with van der Waals surface area (Å²) in [5.41, 5.74) is 0. The highest BCUT2D eigenvalue weighted by Gasteiger charge is 2.35. The summed E-state index contributed by atoms with van der Waals surface area (Å²) in [4.78, 5) is 19.1. The van der Waals surface area contributed by atoms with Gasteiger partial charge in [-0.25, -0.2) is 13.4 Å². The lowest BCUT2D eigenvalue weighted by Gasteiger charge is -2.34. The van der Waals surface area contributed by atoms with Crippen LogP contribution >= 0.6 is 0 Å². The molecule has 152 valence electrons. The summed E-state index contributed by atoms with van der Waals surface area (Å²) < 4.78 is 25.5. The number of carbonyl (C=O) groups is 1. The molecule has 1 unspecified atom stereocenters. The van der Waals surface area contributed by atoms with Gasteiger partial charge in [-0.05, 0) is 38.8 Å². The Bertz CT molecular complexity index is 736. The molecule has 2 aliphatic heterocycles. The molecular weight excluding hydrogens is 364 g/mol. The molecule has 0 bridgehead atoms. The van der Waals surface area contributed by atoms with Crippen LogP contribution < -0.4 is 5.32 Å². The highest BCUT2D eigenvalue weighted by molar-refractivity contribution is 7.91. The molecule has 7 nitrogen and oxygen atoms in total. The molecule has 0 aromatic carbocycles. The first-order valence-electron chi connectivity index (χ1n) is 10.1. The quantitative estimate of drug-likeness (QED) is 0.705. The fourth-order valence-corrected chi connectivity index (χ4v) is 5.97. The number of amides is 1. The molecule has 2 fully saturated rings. The lowest BCUT2D eigenvalue weighted by atomic mass is 9.94. The normalized spacial score (nSPS) is 23.7. The van der Waals surface area contributed by atoms with E-state index in [9.17, 15) is 13.2 Å². The van der Waals surface area contributed by atoms with E-state index >= 15 is 0 Å². The first kappa shape index (κ1) is 20.3. The van der Waals surface area contributed by atoms with Gasteiger partial charge in [-0.2, -0.15) is 0 Å². The Kier molecular flexibility index (Phi) is 6.57. The van der Waals surface area contributed by atoms with Crippen LogP contribution in [0.5, 0.6) is 0 Å². The molecule has 3 rings (SSSR count). The number of piperidine rings is 1. The highest BCUT2D eigenvalue weighted by Crippen LogP contribution is 2.24. The van der Waals surface area contributed by atoms with Crippen molar-refractivity contribution in [1.29, 1.82) is 0 Å². The Morgan fingerprint density at radius 2 is 2.04 bits per heavy atom. The molecule has 1 aromatic rings. The zero-order valence-corrected chi connectivity index (χ0v) is 17.2. The second kappa shape index (κ2) is 8.73. The average molecular weight is 397 g/mol. The number of hydrogen-bond acceptors (Lipinski definition) is 5. The minimum Gasteiger partial charge on any atom is -0.356 e. The summed E-state index contributed by atoms with van der Waals surface area (Å²) in [6.45, 7) is 7.45. The van der Waals surface area contributed by atoms with Gasteiger partial charge in [-0.15, -0.1) is 0 Å². The van der Waals surface area contributed by atoms with Crippen molar-refractivity contribution in [2.24, 2.45) is 5.92 Å². The van der Waals surface area contributed by atoms with Gasteiger partial charge in [0.2, 0.25) is 5.91 Å². The molecule has 1 amide bonds. The summed E-state index contributed by atoms with van der Waals surface area (Å²) in [5.74, 6) is 2.28. The SMILES string of the molecule is CC(C)c1nccn1CCCNC(=O)C1CCN(C2CCS(=O)(=O)C2)CC1. The van der Waals surface area contributed by atoms with Crippen LogP contribution in [0.15, 0.2) is 12.4 Å². The van der Waals surface area contributed by atoms with Crippen molar-refractivity contribution >= 4 is 15.7 Å². The summed E-state index contributed by atoms with van der Waals surface area (Å²) in [7, 11) is -2.84. The van der Waals surface area contributed by atoms with Gasteiger partial charge in [0, 0.05) is 43.4 Å². The Morgan fingerprint density at radius 1 is 1.30 bits per heavy atom. The molecule has 2 saturated heterocycles. The van der Waals surface area contributed by atoms with Crippen LogP contribution in [0.2, 0.25) is 0 Å². The summed E-state index contributed by atoms with van der Waals surface area (Å²) in [5, 5.41) is 3.07. The third-order valence-electron chi connectivity index (χ3n) is 5.76. The molecular formula is C19H32N4O3S. The van der Waals surface area contributed by atoms with E-state index in [4.69, 9.17) is 0 Å². The third kappa shape index (κ3) is 5.31. The first-order chi connectivity index (χ1) is 12.9. The lowest BCUT2D eigenvalue weighted by molar-refractivity contribution is -0.126. The van der Waals surface area contributed by atoms with Crippen LogP contribution in [0.25, 0.3) is 0 Å². The minimum atomic E-state index is -2.84. The maximum absolute atomic E-state index is 12.4. The summed E-state index contributed by atoms with van der Waals surface area (Å²) in [6.07, 6.45) is 7.10. The molecule has 0 radical (unpaired) electrons. The van der Waals surface area contributed by atoms with E-state index in [1.165, 1.54) is 0 Å². The van der Waals surface area contributed by atoms with Gasteiger partial charge in [0.15, 0.2) is 9.84 Å². The van der Waals surface area contributed by atoms with Crippen molar-refractivity contribution in [3.8, 4) is 0 Å². The molecule has 1 atom stereocenters. The van der Waals surface area contributed by atoms with Gasteiger partial charge in [-0.3, -0.25) is 9.69 Å². The van der Waals surface area contributed by atoms with Crippen LogP contribution in [0.3, 0.4) is 0 Å². The van der Waals surface area contributed by atoms with Crippen molar-refractivity contribution < 1.29 is 13.2 Å². The number of aryl methyl sites for hydroxylation is 1. The third-order valence-corrected chi connectivity index (χ3v) is 7.51.